The van der Waals surface area contributed by atoms with E-state index in [-0.39, 0.29) is 23.8 Å². The molecule has 1 atom stereocenters. The fraction of sp³-hybridized carbons (Fsp3) is 0.600. The first-order valence-electron chi connectivity index (χ1n) is 9.51. The molecule has 134 valence electrons. The maximum absolute atomic E-state index is 12.6. The second kappa shape index (κ2) is 6.79. The predicted octanol–water partition coefficient (Wildman–Crippen LogP) is 1.74. The minimum atomic E-state index is -0.222. The van der Waals surface area contributed by atoms with Crippen LogP contribution in [0.3, 0.4) is 0 Å². The van der Waals surface area contributed by atoms with E-state index >= 15 is 0 Å². The van der Waals surface area contributed by atoms with Gasteiger partial charge in [0, 0.05) is 24.7 Å². The van der Waals surface area contributed by atoms with Gasteiger partial charge in [-0.05, 0) is 75.5 Å². The van der Waals surface area contributed by atoms with Gasteiger partial charge in [0.15, 0.2) is 0 Å². The van der Waals surface area contributed by atoms with Gasteiger partial charge in [0.1, 0.15) is 0 Å². The zero-order valence-corrected chi connectivity index (χ0v) is 15.0. The number of anilines is 1. The standard InChI is InChI=1S/C20H27N3O2/c1-22-9-7-17(8-10-22)21-20(25)16-12-19(24)23(13-16)18-6-5-14-3-2-4-15(14)11-18/h5-6,11,16-17H,2-4,7-10,12-13H2,1H3,(H,21,25)/t16-/m0/s1. The Balaban J connectivity index is 1.39. The maximum atomic E-state index is 12.6. The molecule has 3 aliphatic rings. The van der Waals surface area contributed by atoms with E-state index in [0.29, 0.717) is 13.0 Å². The summed E-state index contributed by atoms with van der Waals surface area (Å²) in [6, 6.07) is 6.60. The molecule has 2 amide bonds. The van der Waals surface area contributed by atoms with Crippen LogP contribution >= 0.6 is 0 Å². The van der Waals surface area contributed by atoms with Gasteiger partial charge in [-0.3, -0.25) is 9.59 Å². The molecule has 0 saturated carbocycles. The van der Waals surface area contributed by atoms with Crippen molar-refractivity contribution in [1.29, 1.82) is 0 Å². The van der Waals surface area contributed by atoms with Crippen molar-refractivity contribution >= 4 is 17.5 Å². The fourth-order valence-electron chi connectivity index (χ4n) is 4.33. The molecule has 0 aromatic heterocycles. The summed E-state index contributed by atoms with van der Waals surface area (Å²) in [5, 5.41) is 3.17. The Morgan fingerprint density at radius 3 is 2.72 bits per heavy atom. The van der Waals surface area contributed by atoms with E-state index in [9.17, 15) is 9.59 Å². The van der Waals surface area contributed by atoms with Crippen LogP contribution in [0.5, 0.6) is 0 Å². The molecule has 5 nitrogen and oxygen atoms in total. The first-order chi connectivity index (χ1) is 12.1. The quantitative estimate of drug-likeness (QED) is 0.911. The molecule has 1 N–H and O–H groups in total. The molecule has 2 aliphatic heterocycles. The van der Waals surface area contributed by atoms with Crippen LogP contribution in [-0.2, 0) is 22.4 Å². The Morgan fingerprint density at radius 2 is 1.92 bits per heavy atom. The highest BCUT2D eigenvalue weighted by Gasteiger charge is 2.36. The Bertz CT molecular complexity index is 680. The molecule has 1 aliphatic carbocycles. The van der Waals surface area contributed by atoms with Gasteiger partial charge < -0.3 is 15.1 Å². The van der Waals surface area contributed by atoms with Crippen molar-refractivity contribution in [2.45, 2.75) is 44.6 Å². The molecule has 25 heavy (non-hydrogen) atoms. The zero-order valence-electron chi connectivity index (χ0n) is 15.0. The molecule has 2 saturated heterocycles. The molecular formula is C20H27N3O2. The summed E-state index contributed by atoms with van der Waals surface area (Å²) in [6.45, 7) is 2.56. The summed E-state index contributed by atoms with van der Waals surface area (Å²) in [6.07, 6.45) is 5.77. The number of fused-ring (bicyclic) bond motifs is 1. The lowest BCUT2D eigenvalue weighted by Gasteiger charge is -2.30. The van der Waals surface area contributed by atoms with Gasteiger partial charge in [-0.1, -0.05) is 6.07 Å². The summed E-state index contributed by atoms with van der Waals surface area (Å²) >= 11 is 0. The molecule has 0 bridgehead atoms. The van der Waals surface area contributed by atoms with Crippen LogP contribution in [0.15, 0.2) is 18.2 Å². The van der Waals surface area contributed by atoms with E-state index in [2.05, 4.69) is 29.4 Å². The van der Waals surface area contributed by atoms with Gasteiger partial charge >= 0.3 is 0 Å². The molecular weight excluding hydrogens is 314 g/mol. The van der Waals surface area contributed by atoms with Gasteiger partial charge in [0.05, 0.1) is 5.92 Å². The minimum Gasteiger partial charge on any atom is -0.353 e. The van der Waals surface area contributed by atoms with Crippen LogP contribution < -0.4 is 10.2 Å². The number of aryl methyl sites for hydroxylation is 2. The second-order valence-electron chi connectivity index (χ2n) is 7.80. The highest BCUT2D eigenvalue weighted by Crippen LogP contribution is 2.30. The number of likely N-dealkylation sites (tertiary alicyclic amines) is 1. The molecule has 5 heteroatoms. The molecule has 2 heterocycles. The Labute approximate surface area is 149 Å². The van der Waals surface area contributed by atoms with Gasteiger partial charge in [-0.25, -0.2) is 0 Å². The molecule has 0 unspecified atom stereocenters. The van der Waals surface area contributed by atoms with Crippen molar-refractivity contribution < 1.29 is 9.59 Å². The Morgan fingerprint density at radius 1 is 1.16 bits per heavy atom. The van der Waals surface area contributed by atoms with Crippen LogP contribution in [0.25, 0.3) is 0 Å². The smallest absolute Gasteiger partial charge is 0.227 e. The first kappa shape index (κ1) is 16.6. The third kappa shape index (κ3) is 3.43. The number of nitrogens with zero attached hydrogens (tertiary/aromatic N) is 2. The Kier molecular flexibility index (Phi) is 4.50. The Hall–Kier alpha value is -1.88. The summed E-state index contributed by atoms with van der Waals surface area (Å²) in [5.74, 6) is -0.103. The van der Waals surface area contributed by atoms with E-state index < -0.39 is 0 Å². The number of piperidine rings is 1. The summed E-state index contributed by atoms with van der Waals surface area (Å²) < 4.78 is 0. The van der Waals surface area contributed by atoms with Crippen LogP contribution in [0.4, 0.5) is 5.69 Å². The zero-order chi connectivity index (χ0) is 17.4. The van der Waals surface area contributed by atoms with E-state index in [1.807, 2.05) is 6.07 Å². The number of benzene rings is 1. The van der Waals surface area contributed by atoms with Crippen LogP contribution in [0.1, 0.15) is 36.8 Å². The monoisotopic (exact) mass is 341 g/mol. The van der Waals surface area contributed by atoms with Gasteiger partial charge in [-0.15, -0.1) is 0 Å². The van der Waals surface area contributed by atoms with Gasteiger partial charge in [-0.2, -0.15) is 0 Å². The van der Waals surface area contributed by atoms with Crippen molar-refractivity contribution in [2.75, 3.05) is 31.6 Å². The van der Waals surface area contributed by atoms with Crippen molar-refractivity contribution in [1.82, 2.24) is 10.2 Å². The lowest BCUT2D eigenvalue weighted by Crippen LogP contribution is -2.45. The number of hydrogen-bond donors (Lipinski definition) is 1. The highest BCUT2D eigenvalue weighted by atomic mass is 16.2. The van der Waals surface area contributed by atoms with Crippen LogP contribution in [0, 0.1) is 5.92 Å². The molecule has 4 rings (SSSR count). The summed E-state index contributed by atoms with van der Waals surface area (Å²) in [7, 11) is 2.11. The molecule has 1 aromatic carbocycles. The number of rotatable bonds is 3. The third-order valence-electron chi connectivity index (χ3n) is 5.95. The minimum absolute atomic E-state index is 0.0477. The summed E-state index contributed by atoms with van der Waals surface area (Å²) in [4.78, 5) is 29.2. The average Bonchev–Trinajstić information content (AvgIpc) is 3.22. The van der Waals surface area contributed by atoms with E-state index in [1.165, 1.54) is 17.5 Å². The predicted molar refractivity (Wildman–Crippen MR) is 97.6 cm³/mol. The van der Waals surface area contributed by atoms with E-state index in [4.69, 9.17) is 0 Å². The third-order valence-corrected chi connectivity index (χ3v) is 5.95. The topological polar surface area (TPSA) is 52.7 Å². The van der Waals surface area contributed by atoms with Crippen molar-refractivity contribution in [3.8, 4) is 0 Å². The van der Waals surface area contributed by atoms with Crippen LogP contribution in [0.2, 0.25) is 0 Å². The van der Waals surface area contributed by atoms with Crippen molar-refractivity contribution in [3.63, 3.8) is 0 Å². The SMILES string of the molecule is CN1CCC(NC(=O)[C@H]2CC(=O)N(c3ccc4c(c3)CCC4)C2)CC1. The van der Waals surface area contributed by atoms with E-state index in [0.717, 1.165) is 44.5 Å². The lowest BCUT2D eigenvalue weighted by atomic mass is 10.0. The largest absolute Gasteiger partial charge is 0.353 e. The first-order valence-corrected chi connectivity index (χ1v) is 9.51. The molecule has 1 aromatic rings. The molecule has 2 fully saturated rings. The number of carbonyl (C=O) groups is 2. The van der Waals surface area contributed by atoms with Crippen LogP contribution in [-0.4, -0.2) is 49.4 Å². The number of nitrogens with one attached hydrogen (secondary N) is 1. The number of amides is 2. The highest BCUT2D eigenvalue weighted by molar-refractivity contribution is 6.00. The second-order valence-corrected chi connectivity index (χ2v) is 7.80. The molecule has 0 spiro atoms. The normalized spacial score (nSPS) is 24.6. The number of carbonyl (C=O) groups excluding carboxylic acids is 2. The van der Waals surface area contributed by atoms with E-state index in [1.54, 1.807) is 4.90 Å². The van der Waals surface area contributed by atoms with Gasteiger partial charge in [0.2, 0.25) is 11.8 Å². The maximum Gasteiger partial charge on any atom is 0.227 e. The summed E-state index contributed by atoms with van der Waals surface area (Å²) in [5.41, 5.74) is 3.73. The van der Waals surface area contributed by atoms with Gasteiger partial charge in [0.25, 0.3) is 0 Å². The molecule has 0 radical (unpaired) electrons. The average molecular weight is 341 g/mol. The van der Waals surface area contributed by atoms with Crippen molar-refractivity contribution in [2.24, 2.45) is 5.92 Å². The fourth-order valence-corrected chi connectivity index (χ4v) is 4.33. The van der Waals surface area contributed by atoms with Crippen molar-refractivity contribution in [3.05, 3.63) is 29.3 Å². The number of hydrogen-bond acceptors (Lipinski definition) is 3. The lowest BCUT2D eigenvalue weighted by molar-refractivity contribution is -0.127.